The number of carbonyl (C=O) groups is 6. The lowest BCUT2D eigenvalue weighted by molar-refractivity contribution is -0.340. The van der Waals surface area contributed by atoms with Crippen LogP contribution in [0.4, 0.5) is 0 Å². The minimum absolute atomic E-state index is 0.0199. The summed E-state index contributed by atoms with van der Waals surface area (Å²) < 4.78 is 36.4. The van der Waals surface area contributed by atoms with E-state index in [0.29, 0.717) is 29.6 Å². The Kier molecular flexibility index (Phi) is 14.2. The number of aliphatic hydroxyl groups excluding tert-OH is 3. The Labute approximate surface area is 456 Å². The lowest BCUT2D eigenvalue weighted by atomic mass is 9.42. The molecule has 5 N–H and O–H groups in total. The van der Waals surface area contributed by atoms with Gasteiger partial charge in [-0.05, 0) is 85.1 Å². The predicted molar refractivity (Wildman–Crippen MR) is 280 cm³/mol. The zero-order valence-corrected chi connectivity index (χ0v) is 47.1. The Balaban J connectivity index is 0.000000190. The van der Waals surface area contributed by atoms with Gasteiger partial charge in [-0.1, -0.05) is 98.7 Å². The Morgan fingerprint density at radius 3 is 1.28 bits per heavy atom. The topological polar surface area (TPSA) is 259 Å². The van der Waals surface area contributed by atoms with Gasteiger partial charge in [0, 0.05) is 54.3 Å². The Hall–Kier alpha value is -5.14. The molecule has 10 rings (SSSR count). The van der Waals surface area contributed by atoms with E-state index in [0.717, 1.165) is 0 Å². The van der Waals surface area contributed by atoms with Gasteiger partial charge >= 0.3 is 23.9 Å². The van der Waals surface area contributed by atoms with Crippen LogP contribution in [0.5, 0.6) is 0 Å². The smallest absolute Gasteiger partial charge is 0.338 e. The molecule has 17 heteroatoms. The molecule has 4 saturated carbocycles. The fourth-order valence-electron chi connectivity index (χ4n) is 16.4. The highest BCUT2D eigenvalue weighted by Crippen LogP contribution is 2.68. The first-order valence-corrected chi connectivity index (χ1v) is 27.4. The predicted octanol–water partition coefficient (Wildman–Crippen LogP) is 5.99. The summed E-state index contributed by atoms with van der Waals surface area (Å²) in [5.41, 5.74) is -8.87. The minimum Gasteiger partial charge on any atom is -0.455 e. The highest BCUT2D eigenvalue weighted by molar-refractivity contribution is 5.94. The summed E-state index contributed by atoms with van der Waals surface area (Å²) in [4.78, 5) is 81.5. The van der Waals surface area contributed by atoms with Crippen molar-refractivity contribution in [3.8, 4) is 0 Å². The molecule has 0 spiro atoms. The molecule has 2 aliphatic heterocycles. The van der Waals surface area contributed by atoms with Gasteiger partial charge < -0.3 is 54.0 Å². The lowest BCUT2D eigenvalue weighted by Gasteiger charge is -2.68. The van der Waals surface area contributed by atoms with Crippen LogP contribution in [-0.2, 0) is 47.6 Å². The molecular weight excluding hydrogens is 1000 g/mol. The molecule has 2 saturated heterocycles. The van der Waals surface area contributed by atoms with Gasteiger partial charge in [0.15, 0.2) is 17.0 Å². The van der Waals surface area contributed by atoms with E-state index in [4.69, 9.17) is 28.4 Å². The molecule has 0 amide bonds. The molecule has 17 nitrogen and oxygen atoms in total. The number of fused-ring (bicyclic) bond motifs is 10. The number of hydrogen-bond donors (Lipinski definition) is 5. The number of hydrogen-bond acceptors (Lipinski definition) is 17. The fourth-order valence-corrected chi connectivity index (χ4v) is 16.4. The SMILES string of the molecule is CC(=O)O[C@@]12CO[C@@H]1C[C@H](C)[C@@]1(C)C(=O)[C@H](C)C3=C(C)[C@@H](O)C[C@@](O)([C@@H](OC(=O)c4ccccc4)C12)C3(C)C.CC(=O)O[C@@]12CO[C@@H]1C[C@H](C)[C@@]1(C)C(=O)[C@H](O)C3=C(C)[C@@H](O)C[C@@](O)([C@@H](OC(=O)c4ccccc4)C12)C3(C)C. The van der Waals surface area contributed by atoms with E-state index in [1.54, 1.807) is 95.3 Å². The third kappa shape index (κ3) is 7.93. The van der Waals surface area contributed by atoms with Crippen LogP contribution in [0, 0.1) is 51.2 Å². The molecule has 6 aliphatic carbocycles. The number of benzene rings is 2. The van der Waals surface area contributed by atoms with Gasteiger partial charge in [-0.25, -0.2) is 9.59 Å². The molecule has 18 atom stereocenters. The largest absolute Gasteiger partial charge is 0.455 e. The van der Waals surface area contributed by atoms with Crippen molar-refractivity contribution in [1.82, 2.24) is 0 Å². The van der Waals surface area contributed by atoms with Gasteiger partial charge in [-0.2, -0.15) is 0 Å². The monoisotopic (exact) mass is 1080 g/mol. The van der Waals surface area contributed by atoms with Crippen LogP contribution >= 0.6 is 0 Å². The average Bonchev–Trinajstić information content (AvgIpc) is 3.37. The van der Waals surface area contributed by atoms with Gasteiger partial charge in [0.25, 0.3) is 0 Å². The summed E-state index contributed by atoms with van der Waals surface area (Å²) in [5.74, 6) is -6.41. The van der Waals surface area contributed by atoms with Crippen LogP contribution in [0.3, 0.4) is 0 Å². The second-order valence-electron chi connectivity index (χ2n) is 25.5. The number of rotatable bonds is 6. The third-order valence-corrected chi connectivity index (χ3v) is 21.1. The van der Waals surface area contributed by atoms with Gasteiger partial charge in [0.1, 0.15) is 47.5 Å². The third-order valence-electron chi connectivity index (χ3n) is 21.1. The van der Waals surface area contributed by atoms with E-state index in [9.17, 15) is 54.3 Å². The maximum Gasteiger partial charge on any atom is 0.338 e. The minimum atomic E-state index is -1.95. The fraction of sp³-hybridized carbons (Fsp3) is 0.639. The molecule has 0 radical (unpaired) electrons. The number of ketones is 2. The van der Waals surface area contributed by atoms with Crippen molar-refractivity contribution in [1.29, 1.82) is 0 Å². The highest BCUT2D eigenvalue weighted by atomic mass is 16.6. The van der Waals surface area contributed by atoms with Crippen LogP contribution in [-0.4, -0.2) is 139 Å². The van der Waals surface area contributed by atoms with Crippen molar-refractivity contribution in [2.45, 2.75) is 181 Å². The standard InChI is InChI=1S/C31H40O8.C30H38O9/c1-16-13-22-30(15-37-22,39-19(4)32)24-26(38-27(35)20-11-9-8-10-12-20)31(36)14-21(33)17(2)23(28(31,5)6)18(3)25(34)29(16,24)7;1-15-12-20-29(14-37-20,39-17(3)31)23-25(38-26(35)18-10-8-7-9-11-18)30(36)13-19(32)16(2)21(27(30,4)5)22(33)24(34)28(15,23)6/h8-12,16,18,21-22,24,26,33,36H,13-15H2,1-7H3;7-11,15,19-20,22-23,25,32-33,36H,12-14H2,1-6H3/t16-,18+,21-,22+,24?,26-,29+,30-,31+;15-,19-,20+,22+,23?,25-,28+,29-,30+/m00/s1. The maximum atomic E-state index is 14.7. The van der Waals surface area contributed by atoms with Crippen molar-refractivity contribution in [3.05, 3.63) is 94.1 Å². The van der Waals surface area contributed by atoms with Crippen molar-refractivity contribution in [2.75, 3.05) is 13.2 Å². The zero-order valence-electron chi connectivity index (χ0n) is 47.1. The van der Waals surface area contributed by atoms with E-state index in [1.165, 1.54) is 13.8 Å². The van der Waals surface area contributed by atoms with Crippen molar-refractivity contribution >= 4 is 35.4 Å². The Morgan fingerprint density at radius 1 is 0.564 bits per heavy atom. The summed E-state index contributed by atoms with van der Waals surface area (Å²) in [6, 6.07) is 16.8. The first-order valence-electron chi connectivity index (χ1n) is 27.4. The molecular formula is C61H78O17. The molecule has 6 fully saturated rings. The summed E-state index contributed by atoms with van der Waals surface area (Å²) in [6.07, 6.45) is -7.20. The van der Waals surface area contributed by atoms with Crippen LogP contribution in [0.25, 0.3) is 0 Å². The molecule has 4 bridgehead atoms. The number of esters is 4. The number of carbonyl (C=O) groups excluding carboxylic acids is 6. The Bertz CT molecular complexity index is 2670. The zero-order chi connectivity index (χ0) is 57.4. The lowest BCUT2D eigenvalue weighted by Crippen LogP contribution is -2.80. The first-order chi connectivity index (χ1) is 36.2. The first kappa shape index (κ1) is 57.5. The van der Waals surface area contributed by atoms with Gasteiger partial charge in [0.05, 0.1) is 48.4 Å². The molecule has 78 heavy (non-hydrogen) atoms. The van der Waals surface area contributed by atoms with Crippen LogP contribution in [0.2, 0.25) is 0 Å². The van der Waals surface area contributed by atoms with Crippen LogP contribution in [0.1, 0.15) is 136 Å². The number of ether oxygens (including phenoxy) is 6. The molecule has 2 aromatic carbocycles. The summed E-state index contributed by atoms with van der Waals surface area (Å²) in [5, 5.41) is 59.6. The van der Waals surface area contributed by atoms with Crippen LogP contribution in [0.15, 0.2) is 83.0 Å². The van der Waals surface area contributed by atoms with E-state index in [1.807, 2.05) is 41.5 Å². The quantitative estimate of drug-likeness (QED) is 0.126. The second kappa shape index (κ2) is 19.3. The average molecular weight is 1080 g/mol. The number of aliphatic hydroxyl groups is 5. The summed E-state index contributed by atoms with van der Waals surface area (Å²) >= 11 is 0. The summed E-state index contributed by atoms with van der Waals surface area (Å²) in [7, 11) is 0. The Morgan fingerprint density at radius 2 is 0.923 bits per heavy atom. The normalized spacial score (nSPS) is 42.7. The molecule has 424 valence electrons. The van der Waals surface area contributed by atoms with Gasteiger partial charge in [-0.3, -0.25) is 19.2 Å². The van der Waals surface area contributed by atoms with Gasteiger partial charge in [-0.15, -0.1) is 0 Å². The maximum absolute atomic E-state index is 14.7. The molecule has 2 unspecified atom stereocenters. The van der Waals surface area contributed by atoms with Crippen molar-refractivity contribution in [3.63, 3.8) is 0 Å². The van der Waals surface area contributed by atoms with Gasteiger partial charge in [0.2, 0.25) is 0 Å². The molecule has 0 aromatic heterocycles. The van der Waals surface area contributed by atoms with E-state index in [-0.39, 0.29) is 54.5 Å². The van der Waals surface area contributed by atoms with Crippen molar-refractivity contribution < 1.29 is 82.7 Å². The van der Waals surface area contributed by atoms with Crippen molar-refractivity contribution in [2.24, 2.45) is 51.2 Å². The highest BCUT2D eigenvalue weighted by Gasteiger charge is 2.79. The molecule has 2 heterocycles. The van der Waals surface area contributed by atoms with E-state index < -0.39 is 140 Å². The van der Waals surface area contributed by atoms with E-state index >= 15 is 0 Å². The molecule has 2 aromatic rings. The number of Topliss-reactive ketones (excluding diaryl/α,β-unsaturated/α-hetero) is 2. The van der Waals surface area contributed by atoms with Crippen LogP contribution < -0.4 is 0 Å². The molecule has 8 aliphatic rings. The van der Waals surface area contributed by atoms with E-state index in [2.05, 4.69) is 0 Å². The summed E-state index contributed by atoms with van der Waals surface area (Å²) in [6.45, 7) is 22.2. The second-order valence-corrected chi connectivity index (χ2v) is 25.5.